The molecule has 0 spiro atoms. The molecule has 248 valence electrons. The van der Waals surface area contributed by atoms with Crippen molar-refractivity contribution < 1.29 is 33.3 Å². The lowest BCUT2D eigenvalue weighted by molar-refractivity contribution is 0.0323. The minimum Gasteiger partial charge on any atom is -0.455 e. The van der Waals surface area contributed by atoms with Gasteiger partial charge < -0.3 is 49.6 Å². The van der Waals surface area contributed by atoms with Gasteiger partial charge in [0.05, 0.1) is 45.2 Å². The average Bonchev–Trinajstić information content (AvgIpc) is 2.84. The maximum Gasteiger partial charge on any atom is 0.173 e. The van der Waals surface area contributed by atoms with Gasteiger partial charge in [0, 0.05) is 51.0 Å². The normalized spacial score (nSPS) is 16.6. The predicted molar refractivity (Wildman–Crippen MR) is 174 cm³/mol. The maximum atomic E-state index is 10.2. The molecule has 0 saturated heterocycles. The third-order valence-corrected chi connectivity index (χ3v) is 13.8. The molecule has 0 aliphatic carbocycles. The van der Waals surface area contributed by atoms with Gasteiger partial charge in [0.1, 0.15) is 0 Å². The fourth-order valence-corrected chi connectivity index (χ4v) is 13.1. The molecule has 0 radical (unpaired) electrons. The first kappa shape index (κ1) is 41.0. The first-order chi connectivity index (χ1) is 19.1. The predicted octanol–water partition coefficient (Wildman–Crippen LogP) is 2.94. The highest BCUT2D eigenvalue weighted by Gasteiger charge is 2.32. The summed E-state index contributed by atoms with van der Waals surface area (Å²) in [6.07, 6.45) is 0.803. The minimum absolute atomic E-state index is 0.0292. The molecule has 0 amide bonds. The molecule has 0 aromatic rings. The van der Waals surface area contributed by atoms with Crippen molar-refractivity contribution in [2.24, 2.45) is 11.7 Å². The number of nitrogens with two attached hydrogens (primary N) is 1. The van der Waals surface area contributed by atoms with E-state index in [1.165, 1.54) is 0 Å². The summed E-state index contributed by atoms with van der Waals surface area (Å²) >= 11 is 0. The molecule has 0 aromatic heterocycles. The second-order valence-corrected chi connectivity index (χ2v) is 22.2. The Bertz CT molecular complexity index is 569. The zero-order valence-electron chi connectivity index (χ0n) is 27.9. The Kier molecular flexibility index (Phi) is 23.4. The van der Waals surface area contributed by atoms with E-state index in [-0.39, 0.29) is 18.1 Å². The van der Waals surface area contributed by atoms with Gasteiger partial charge in [-0.3, -0.25) is 0 Å². The molecule has 5 unspecified atom stereocenters. The third kappa shape index (κ3) is 27.3. The lowest BCUT2D eigenvalue weighted by atomic mass is 10.2. The van der Waals surface area contributed by atoms with Crippen LogP contribution in [0.1, 0.15) is 47.5 Å². The van der Waals surface area contributed by atoms with Gasteiger partial charge in [-0.25, -0.2) is 0 Å². The van der Waals surface area contributed by atoms with Crippen LogP contribution >= 0.6 is 0 Å². The van der Waals surface area contributed by atoms with Gasteiger partial charge in [-0.2, -0.15) is 0 Å². The Morgan fingerprint density at radius 1 is 0.610 bits per heavy atom. The monoisotopic (exact) mass is 625 g/mol. The van der Waals surface area contributed by atoms with Gasteiger partial charge in [-0.1, -0.05) is 13.8 Å². The lowest BCUT2D eigenvalue weighted by Crippen LogP contribution is -2.44. The molecule has 0 aliphatic rings. The zero-order chi connectivity index (χ0) is 31.3. The number of aliphatic hydroxyl groups is 2. The van der Waals surface area contributed by atoms with Crippen LogP contribution < -0.4 is 16.4 Å². The summed E-state index contributed by atoms with van der Waals surface area (Å²) in [6.45, 7) is 24.8. The number of hydrogen-bond acceptors (Lipinski definition) is 10. The van der Waals surface area contributed by atoms with Crippen LogP contribution in [0, 0.1) is 5.92 Å². The largest absolute Gasteiger partial charge is 0.455 e. The molecule has 0 saturated carbocycles. The summed E-state index contributed by atoms with van der Waals surface area (Å²) in [7, 11) is -3.61. The van der Waals surface area contributed by atoms with Crippen molar-refractivity contribution in [1.82, 2.24) is 10.6 Å². The molecule has 5 atom stereocenters. The van der Waals surface area contributed by atoms with Crippen molar-refractivity contribution >= 4 is 16.6 Å². The fraction of sp³-hybridized carbons (Fsp3) is 1.00. The van der Waals surface area contributed by atoms with Crippen molar-refractivity contribution in [3.05, 3.63) is 0 Å². The van der Waals surface area contributed by atoms with Crippen LogP contribution in [0.2, 0.25) is 38.3 Å². The molecule has 10 nitrogen and oxygen atoms in total. The molecule has 0 fully saturated rings. The summed E-state index contributed by atoms with van der Waals surface area (Å²) in [5.41, 5.74) is 5.68. The third-order valence-electron chi connectivity index (χ3n) is 6.28. The second kappa shape index (κ2) is 23.4. The van der Waals surface area contributed by atoms with Crippen molar-refractivity contribution in [3.63, 3.8) is 0 Å². The average molecular weight is 626 g/mol. The molecule has 0 aliphatic heterocycles. The van der Waals surface area contributed by atoms with Gasteiger partial charge in [0.15, 0.2) is 16.6 Å². The molecule has 0 rings (SSSR count). The van der Waals surface area contributed by atoms with E-state index in [2.05, 4.69) is 57.6 Å². The van der Waals surface area contributed by atoms with Gasteiger partial charge in [0.2, 0.25) is 0 Å². The topological polar surface area (TPSA) is 137 Å². The molecule has 0 bridgehead atoms. The van der Waals surface area contributed by atoms with E-state index in [9.17, 15) is 10.2 Å². The summed E-state index contributed by atoms with van der Waals surface area (Å²) in [5.74, 6) is 0.527. The van der Waals surface area contributed by atoms with Crippen LogP contribution in [0.15, 0.2) is 0 Å². The number of aliphatic hydroxyl groups excluding tert-OH is 2. The molecular weight excluding hydrogens is 559 g/mol. The van der Waals surface area contributed by atoms with E-state index < -0.39 is 28.8 Å². The Morgan fingerprint density at radius 3 is 1.41 bits per heavy atom. The lowest BCUT2D eigenvalue weighted by Gasteiger charge is -2.34. The zero-order valence-corrected chi connectivity index (χ0v) is 29.9. The maximum absolute atomic E-state index is 10.2. The highest BCUT2D eigenvalue weighted by atomic mass is 28.4. The van der Waals surface area contributed by atoms with Gasteiger partial charge >= 0.3 is 0 Å². The molecule has 6 N–H and O–H groups in total. The van der Waals surface area contributed by atoms with Crippen LogP contribution in [-0.2, 0) is 23.1 Å². The van der Waals surface area contributed by atoms with Crippen LogP contribution in [0.5, 0.6) is 0 Å². The SMILES string of the molecule is CC(C)COCC(C)NCC(O)COCCC[Si](C)(C)O[Si](C)(C)CCCOCC(O)CNC(C)COCC(C)N. The molecule has 12 heteroatoms. The van der Waals surface area contributed by atoms with E-state index in [0.29, 0.717) is 65.3 Å². The Balaban J connectivity index is 3.93. The van der Waals surface area contributed by atoms with Crippen LogP contribution in [-0.4, -0.2) is 123 Å². The van der Waals surface area contributed by atoms with Crippen molar-refractivity contribution in [3.8, 4) is 0 Å². The molecule has 0 heterocycles. The Hall–Kier alpha value is 0.0338. The van der Waals surface area contributed by atoms with E-state index in [4.69, 9.17) is 28.8 Å². The highest BCUT2D eigenvalue weighted by molar-refractivity contribution is 6.84. The number of hydrogen-bond donors (Lipinski definition) is 5. The summed E-state index contributed by atoms with van der Waals surface area (Å²) in [5, 5.41) is 26.9. The quantitative estimate of drug-likeness (QED) is 0.0652. The number of ether oxygens (including phenoxy) is 4. The fourth-order valence-electron chi connectivity index (χ4n) is 4.31. The summed E-state index contributed by atoms with van der Waals surface area (Å²) in [6, 6.07) is 2.44. The molecule has 0 aromatic carbocycles. The molecular formula is C29H67N3O7Si2. The van der Waals surface area contributed by atoms with Crippen molar-refractivity contribution in [2.75, 3.05) is 65.9 Å². The first-order valence-corrected chi connectivity index (χ1v) is 21.9. The van der Waals surface area contributed by atoms with E-state index >= 15 is 0 Å². The van der Waals surface area contributed by atoms with Gasteiger partial charge in [-0.15, -0.1) is 0 Å². The molecule has 41 heavy (non-hydrogen) atoms. The highest BCUT2D eigenvalue weighted by Crippen LogP contribution is 2.23. The first-order valence-electron chi connectivity index (χ1n) is 15.7. The summed E-state index contributed by atoms with van der Waals surface area (Å²) in [4.78, 5) is 0. The number of rotatable bonds is 28. The number of nitrogens with one attached hydrogen (secondary N) is 2. The van der Waals surface area contributed by atoms with Crippen molar-refractivity contribution in [2.45, 2.75) is 116 Å². The van der Waals surface area contributed by atoms with Crippen LogP contribution in [0.3, 0.4) is 0 Å². The minimum atomic E-state index is -1.81. The van der Waals surface area contributed by atoms with Gasteiger partial charge in [0.25, 0.3) is 0 Å². The van der Waals surface area contributed by atoms with Crippen molar-refractivity contribution in [1.29, 1.82) is 0 Å². The van der Waals surface area contributed by atoms with E-state index in [1.807, 2.05) is 13.8 Å². The Morgan fingerprint density at radius 2 is 1.02 bits per heavy atom. The second-order valence-electron chi connectivity index (χ2n) is 13.4. The summed E-state index contributed by atoms with van der Waals surface area (Å²) < 4.78 is 29.3. The van der Waals surface area contributed by atoms with E-state index in [0.717, 1.165) is 31.5 Å². The van der Waals surface area contributed by atoms with Crippen LogP contribution in [0.25, 0.3) is 0 Å². The smallest absolute Gasteiger partial charge is 0.173 e. The Labute approximate surface area is 254 Å². The standard InChI is InChI=1S/C29H67N3O7Si2/c1-24(2)18-37-20-26(4)31-16-28(33)22-35-12-10-14-40(6,7)39-41(8,9)15-11-13-36-23-29(34)17-32-27(5)21-38-19-25(3)30/h24-29,31-34H,10-23,30H2,1-9H3. The van der Waals surface area contributed by atoms with Crippen LogP contribution in [0.4, 0.5) is 0 Å². The van der Waals surface area contributed by atoms with E-state index in [1.54, 1.807) is 0 Å². The van der Waals surface area contributed by atoms with Gasteiger partial charge in [-0.05, 0) is 77.8 Å².